The Morgan fingerprint density at radius 2 is 1.70 bits per heavy atom. The molecule has 4 heteroatoms. The van der Waals surface area contributed by atoms with Gasteiger partial charge in [-0.05, 0) is 91.6 Å². The van der Waals surface area contributed by atoms with Gasteiger partial charge < -0.3 is 5.11 Å². The predicted molar refractivity (Wildman–Crippen MR) is 148 cm³/mol. The highest BCUT2D eigenvalue weighted by atomic mass is 16.4. The van der Waals surface area contributed by atoms with Crippen LogP contribution in [0.2, 0.25) is 0 Å². The van der Waals surface area contributed by atoms with E-state index in [-0.39, 0.29) is 53.0 Å². The van der Waals surface area contributed by atoms with Crippen LogP contribution in [-0.4, -0.2) is 22.6 Å². The van der Waals surface area contributed by atoms with Gasteiger partial charge in [0.05, 0.1) is 5.41 Å². The highest BCUT2D eigenvalue weighted by molar-refractivity contribution is 6.02. The molecule has 3 fully saturated rings. The number of rotatable bonds is 3. The Bertz CT molecular complexity index is 1080. The minimum Gasteiger partial charge on any atom is -0.481 e. The summed E-state index contributed by atoms with van der Waals surface area (Å²) in [5.74, 6) is 0.0240. The summed E-state index contributed by atoms with van der Waals surface area (Å²) in [6.45, 7) is 15.5. The van der Waals surface area contributed by atoms with Crippen LogP contribution in [0.1, 0.15) is 114 Å². The quantitative estimate of drug-likeness (QED) is 0.420. The highest BCUT2D eigenvalue weighted by Gasteiger charge is 2.70. The van der Waals surface area contributed by atoms with Gasteiger partial charge in [0, 0.05) is 16.7 Å². The summed E-state index contributed by atoms with van der Waals surface area (Å²) in [7, 11) is 0. The molecule has 0 aliphatic heterocycles. The van der Waals surface area contributed by atoms with Gasteiger partial charge in [0.1, 0.15) is 0 Å². The van der Waals surface area contributed by atoms with Crippen LogP contribution < -0.4 is 0 Å². The van der Waals surface area contributed by atoms with E-state index in [0.29, 0.717) is 18.8 Å². The van der Waals surface area contributed by atoms with Crippen molar-refractivity contribution in [3.05, 3.63) is 23.3 Å². The number of hydrogen-bond donors (Lipinski definition) is 1. The van der Waals surface area contributed by atoms with Gasteiger partial charge in [-0.15, -0.1) is 0 Å². The van der Waals surface area contributed by atoms with Crippen molar-refractivity contribution < 1.29 is 19.5 Å². The highest BCUT2D eigenvalue weighted by Crippen LogP contribution is 2.74. The van der Waals surface area contributed by atoms with Gasteiger partial charge in [0.25, 0.3) is 0 Å². The molecule has 5 aliphatic carbocycles. The number of allylic oxidation sites excluding steroid dienone is 4. The third kappa shape index (κ3) is 3.42. The molecular formula is C33H50O4. The molecule has 8 atom stereocenters. The minimum atomic E-state index is -0.761. The average Bonchev–Trinajstić information content (AvgIpc) is 2.79. The zero-order valence-corrected chi connectivity index (χ0v) is 23.5. The minimum absolute atomic E-state index is 0. The monoisotopic (exact) mass is 510 g/mol. The van der Waals surface area contributed by atoms with Crippen LogP contribution in [0.3, 0.4) is 0 Å². The van der Waals surface area contributed by atoms with E-state index in [9.17, 15) is 19.5 Å². The van der Waals surface area contributed by atoms with Gasteiger partial charge in [-0.1, -0.05) is 74.0 Å². The van der Waals surface area contributed by atoms with Crippen molar-refractivity contribution in [1.29, 1.82) is 0 Å². The lowest BCUT2D eigenvalue weighted by atomic mass is 9.34. The molecule has 206 valence electrons. The number of hydrogen-bond acceptors (Lipinski definition) is 3. The summed E-state index contributed by atoms with van der Waals surface area (Å²) in [6.07, 6.45) is 11.8. The second-order valence-corrected chi connectivity index (χ2v) is 14.5. The number of ketones is 2. The summed E-state index contributed by atoms with van der Waals surface area (Å²) < 4.78 is 0. The molecule has 0 aromatic carbocycles. The maximum Gasteiger partial charge on any atom is 0.309 e. The number of fused-ring (bicyclic) bond motifs is 7. The number of Topliss-reactive ketones (excluding diaryl/α,β-unsaturated/α-hetero) is 1. The van der Waals surface area contributed by atoms with Gasteiger partial charge in [0.2, 0.25) is 0 Å². The molecule has 0 radical (unpaired) electrons. The fourth-order valence-corrected chi connectivity index (χ4v) is 10.4. The molecule has 0 bridgehead atoms. The topological polar surface area (TPSA) is 71.4 Å². The first-order valence-electron chi connectivity index (χ1n) is 14.5. The second kappa shape index (κ2) is 8.65. The maximum atomic E-state index is 14.2. The predicted octanol–water partition coefficient (Wildman–Crippen LogP) is 7.81. The van der Waals surface area contributed by atoms with Gasteiger partial charge in [0.15, 0.2) is 11.6 Å². The fourth-order valence-electron chi connectivity index (χ4n) is 10.4. The lowest BCUT2D eigenvalue weighted by Crippen LogP contribution is -2.65. The summed E-state index contributed by atoms with van der Waals surface area (Å²) in [6, 6.07) is 0. The molecule has 0 saturated heterocycles. The zero-order valence-electron chi connectivity index (χ0n) is 23.5. The van der Waals surface area contributed by atoms with Crippen LogP contribution in [0.15, 0.2) is 23.3 Å². The Hall–Kier alpha value is -1.71. The Labute approximate surface area is 224 Å². The lowest BCUT2D eigenvalue weighted by Gasteiger charge is -2.68. The van der Waals surface area contributed by atoms with Gasteiger partial charge >= 0.3 is 5.97 Å². The smallest absolute Gasteiger partial charge is 0.309 e. The third-order valence-corrected chi connectivity index (χ3v) is 12.5. The first kappa shape index (κ1) is 28.3. The third-order valence-electron chi connectivity index (χ3n) is 12.5. The van der Waals surface area contributed by atoms with Crippen molar-refractivity contribution >= 4 is 17.5 Å². The van der Waals surface area contributed by atoms with E-state index in [0.717, 1.165) is 50.5 Å². The summed E-state index contributed by atoms with van der Waals surface area (Å²) in [5, 5.41) is 10.5. The molecule has 0 aromatic heterocycles. The fraction of sp³-hybridized carbons (Fsp3) is 0.788. The molecule has 0 heterocycles. The van der Waals surface area contributed by atoms with Crippen molar-refractivity contribution in [2.75, 3.05) is 0 Å². The van der Waals surface area contributed by atoms with Crippen molar-refractivity contribution in [3.63, 3.8) is 0 Å². The summed E-state index contributed by atoms with van der Waals surface area (Å²) >= 11 is 0. The lowest BCUT2D eigenvalue weighted by molar-refractivity contribution is -0.185. The summed E-state index contributed by atoms with van der Waals surface area (Å²) in [5.41, 5.74) is 0.139. The van der Waals surface area contributed by atoms with Gasteiger partial charge in [-0.2, -0.15) is 0 Å². The van der Waals surface area contributed by atoms with Crippen molar-refractivity contribution in [2.45, 2.75) is 114 Å². The molecule has 7 unspecified atom stereocenters. The van der Waals surface area contributed by atoms with Crippen LogP contribution in [0.5, 0.6) is 0 Å². The number of carboxylic acids is 1. The molecule has 0 spiro atoms. The molecule has 0 amide bonds. The SMILES string of the molecule is C.CCCC1=CC2(C)C3=CC(=O)C4C5CC(C)CCC5(C(=O)O)CC[C@@]4(C)C3(C)CCC2C(C)(C)C1=O. The van der Waals surface area contributed by atoms with Crippen molar-refractivity contribution in [3.8, 4) is 0 Å². The maximum absolute atomic E-state index is 14.2. The van der Waals surface area contributed by atoms with E-state index in [1.807, 2.05) is 6.08 Å². The van der Waals surface area contributed by atoms with E-state index in [4.69, 9.17) is 0 Å². The van der Waals surface area contributed by atoms with Gasteiger partial charge in [-0.25, -0.2) is 0 Å². The normalized spacial score (nSPS) is 46.2. The largest absolute Gasteiger partial charge is 0.481 e. The second-order valence-electron chi connectivity index (χ2n) is 14.5. The van der Waals surface area contributed by atoms with E-state index in [1.165, 1.54) is 5.57 Å². The molecule has 37 heavy (non-hydrogen) atoms. The molecule has 1 N–H and O–H groups in total. The van der Waals surface area contributed by atoms with Crippen molar-refractivity contribution in [2.24, 2.45) is 50.7 Å². The van der Waals surface area contributed by atoms with Crippen molar-refractivity contribution in [1.82, 2.24) is 0 Å². The first-order valence-corrected chi connectivity index (χ1v) is 14.5. The molecular weight excluding hydrogens is 460 g/mol. The van der Waals surface area contributed by atoms with Crippen LogP contribution in [0.25, 0.3) is 0 Å². The standard InChI is InChI=1S/C32H46O4.CH4/c1-8-9-20-18-29(5)23(28(3,4)26(20)34)11-12-30(6)24(29)17-22(33)25-21-16-19(2)10-13-32(21,27(35)36)15-14-31(25,30)7;/h17-19,21,23,25H,8-16H2,1-7H3,(H,35,36);1H4/t19?,21?,23?,25?,29?,30?,31-,32?;/m1./s1. The number of carboxylic acid groups (broad SMARTS) is 1. The van der Waals surface area contributed by atoms with Crippen LogP contribution >= 0.6 is 0 Å². The van der Waals surface area contributed by atoms with Crippen LogP contribution in [-0.2, 0) is 14.4 Å². The van der Waals surface area contributed by atoms with E-state index < -0.39 is 16.8 Å². The molecule has 5 aliphatic rings. The molecule has 5 rings (SSSR count). The molecule has 4 nitrogen and oxygen atoms in total. The number of aliphatic carboxylic acids is 1. The number of carbonyl (C=O) groups excluding carboxylic acids is 2. The first-order chi connectivity index (χ1) is 16.7. The van der Waals surface area contributed by atoms with E-state index >= 15 is 0 Å². The molecule has 0 aromatic rings. The van der Waals surface area contributed by atoms with Crippen LogP contribution in [0.4, 0.5) is 0 Å². The van der Waals surface area contributed by atoms with E-state index in [1.54, 1.807) is 0 Å². The Morgan fingerprint density at radius 3 is 2.32 bits per heavy atom. The molecule has 3 saturated carbocycles. The van der Waals surface area contributed by atoms with Crippen LogP contribution in [0, 0.1) is 50.7 Å². The average molecular weight is 511 g/mol. The Balaban J connectivity index is 0.00000320. The van der Waals surface area contributed by atoms with Gasteiger partial charge in [-0.3, -0.25) is 14.4 Å². The summed E-state index contributed by atoms with van der Waals surface area (Å²) in [4.78, 5) is 40.5. The number of carbonyl (C=O) groups is 3. The Morgan fingerprint density at radius 1 is 1.03 bits per heavy atom. The Kier molecular flexibility index (Phi) is 6.61. The van der Waals surface area contributed by atoms with E-state index in [2.05, 4.69) is 54.5 Å². The zero-order chi connectivity index (χ0) is 26.5.